The summed E-state index contributed by atoms with van der Waals surface area (Å²) in [6, 6.07) is 32.0. The van der Waals surface area contributed by atoms with E-state index in [0.29, 0.717) is 18.7 Å². The number of pyridine rings is 1. The first-order valence-electron chi connectivity index (χ1n) is 11.6. The van der Waals surface area contributed by atoms with E-state index in [1.54, 1.807) is 24.5 Å². The van der Waals surface area contributed by atoms with E-state index in [4.69, 9.17) is 0 Å². The summed E-state index contributed by atoms with van der Waals surface area (Å²) in [6.45, 7) is 0.393. The van der Waals surface area contributed by atoms with Crippen molar-refractivity contribution < 1.29 is 9.59 Å². The number of hydrogen-bond acceptors (Lipinski definition) is 3. The predicted molar refractivity (Wildman–Crippen MR) is 138 cm³/mol. The first-order chi connectivity index (χ1) is 17.2. The van der Waals surface area contributed by atoms with Crippen LogP contribution < -0.4 is 16.0 Å². The number of amides is 3. The highest BCUT2D eigenvalue weighted by Crippen LogP contribution is 2.23. The van der Waals surface area contributed by atoms with Crippen LogP contribution in [0.4, 0.5) is 10.5 Å². The van der Waals surface area contributed by atoms with Crippen LogP contribution in [-0.2, 0) is 11.2 Å². The second-order valence-corrected chi connectivity index (χ2v) is 8.20. The molecule has 6 heteroatoms. The summed E-state index contributed by atoms with van der Waals surface area (Å²) in [6.07, 6.45) is 3.58. The summed E-state index contributed by atoms with van der Waals surface area (Å²) in [5.41, 5.74) is 3.79. The van der Waals surface area contributed by atoms with E-state index in [9.17, 15) is 9.59 Å². The fourth-order valence-electron chi connectivity index (χ4n) is 3.93. The third-order valence-electron chi connectivity index (χ3n) is 5.72. The summed E-state index contributed by atoms with van der Waals surface area (Å²) in [7, 11) is 0. The van der Waals surface area contributed by atoms with Gasteiger partial charge in [0.2, 0.25) is 5.91 Å². The third-order valence-corrected chi connectivity index (χ3v) is 5.72. The van der Waals surface area contributed by atoms with Crippen molar-refractivity contribution in [3.05, 3.63) is 132 Å². The Hall–Kier alpha value is -4.45. The molecule has 0 saturated carbocycles. The lowest BCUT2D eigenvalue weighted by Crippen LogP contribution is -2.49. The number of anilines is 1. The SMILES string of the molecule is O=C(NCC(c1ccccc1)c1ccccc1)NC(Cc1ccccc1)C(=O)Nc1ccncc1. The number of rotatable bonds is 9. The van der Waals surface area contributed by atoms with E-state index in [1.165, 1.54) is 0 Å². The van der Waals surface area contributed by atoms with Crippen LogP contribution in [0.1, 0.15) is 22.6 Å². The smallest absolute Gasteiger partial charge is 0.315 e. The molecule has 1 aromatic heterocycles. The summed E-state index contributed by atoms with van der Waals surface area (Å²) in [5, 5.41) is 8.70. The molecule has 1 atom stereocenters. The minimum atomic E-state index is -0.752. The summed E-state index contributed by atoms with van der Waals surface area (Å²) >= 11 is 0. The number of carbonyl (C=O) groups is 2. The zero-order chi connectivity index (χ0) is 24.3. The first kappa shape index (κ1) is 23.7. The van der Waals surface area contributed by atoms with Gasteiger partial charge in [-0.15, -0.1) is 0 Å². The maximum Gasteiger partial charge on any atom is 0.315 e. The van der Waals surface area contributed by atoms with Crippen LogP contribution in [0.5, 0.6) is 0 Å². The summed E-state index contributed by atoms with van der Waals surface area (Å²) < 4.78 is 0. The molecule has 176 valence electrons. The van der Waals surface area contributed by atoms with Crippen LogP contribution in [0, 0.1) is 0 Å². The number of nitrogens with zero attached hydrogens (tertiary/aromatic N) is 1. The van der Waals surface area contributed by atoms with Crippen molar-refractivity contribution in [2.75, 3.05) is 11.9 Å². The lowest BCUT2D eigenvalue weighted by Gasteiger charge is -2.22. The van der Waals surface area contributed by atoms with Gasteiger partial charge in [-0.05, 0) is 28.8 Å². The predicted octanol–water partition coefficient (Wildman–Crippen LogP) is 4.76. The van der Waals surface area contributed by atoms with Crippen LogP contribution in [0.25, 0.3) is 0 Å². The van der Waals surface area contributed by atoms with Gasteiger partial charge in [0.05, 0.1) is 0 Å². The molecular weight excluding hydrogens is 436 g/mol. The molecule has 0 bridgehead atoms. The molecule has 0 fully saturated rings. The molecule has 6 nitrogen and oxygen atoms in total. The molecule has 3 aromatic carbocycles. The first-order valence-corrected chi connectivity index (χ1v) is 11.6. The van der Waals surface area contributed by atoms with E-state index in [-0.39, 0.29) is 11.8 Å². The monoisotopic (exact) mass is 464 g/mol. The van der Waals surface area contributed by atoms with Gasteiger partial charge in [-0.2, -0.15) is 0 Å². The van der Waals surface area contributed by atoms with Crippen LogP contribution in [-0.4, -0.2) is 29.5 Å². The highest BCUT2D eigenvalue weighted by Gasteiger charge is 2.22. The quantitative estimate of drug-likeness (QED) is 0.334. The molecule has 3 amide bonds. The Kier molecular flexibility index (Phi) is 8.22. The molecule has 0 aliphatic carbocycles. The fraction of sp³-hybridized carbons (Fsp3) is 0.138. The minimum absolute atomic E-state index is 0.0126. The molecule has 0 spiro atoms. The Morgan fingerprint density at radius 2 is 1.26 bits per heavy atom. The van der Waals surface area contributed by atoms with Gasteiger partial charge in [0.15, 0.2) is 0 Å². The van der Waals surface area contributed by atoms with Gasteiger partial charge in [0.1, 0.15) is 6.04 Å². The maximum absolute atomic E-state index is 13.1. The Labute approximate surface area is 205 Å². The average Bonchev–Trinajstić information content (AvgIpc) is 2.91. The van der Waals surface area contributed by atoms with Crippen molar-refractivity contribution in [2.45, 2.75) is 18.4 Å². The molecule has 1 unspecified atom stereocenters. The normalized spacial score (nSPS) is 11.5. The Balaban J connectivity index is 1.45. The van der Waals surface area contributed by atoms with Gasteiger partial charge in [-0.25, -0.2) is 4.79 Å². The summed E-state index contributed by atoms with van der Waals surface area (Å²) in [4.78, 5) is 30.0. The highest BCUT2D eigenvalue weighted by atomic mass is 16.2. The van der Waals surface area contributed by atoms with Crippen LogP contribution in [0.2, 0.25) is 0 Å². The molecule has 0 radical (unpaired) electrons. The van der Waals surface area contributed by atoms with Crippen LogP contribution >= 0.6 is 0 Å². The standard InChI is InChI=1S/C29H28N4O2/c34-28(32-25-16-18-30-19-17-25)27(20-22-10-4-1-5-11-22)33-29(35)31-21-26(23-12-6-2-7-13-23)24-14-8-3-9-15-24/h1-19,26-27H,20-21H2,(H,30,32,34)(H2,31,33,35). The molecular formula is C29H28N4O2. The number of hydrogen-bond donors (Lipinski definition) is 3. The second-order valence-electron chi connectivity index (χ2n) is 8.20. The zero-order valence-corrected chi connectivity index (χ0v) is 19.3. The molecule has 0 aliphatic rings. The zero-order valence-electron chi connectivity index (χ0n) is 19.3. The van der Waals surface area contributed by atoms with Gasteiger partial charge in [0.25, 0.3) is 0 Å². The van der Waals surface area contributed by atoms with Crippen molar-refractivity contribution in [1.82, 2.24) is 15.6 Å². The Morgan fingerprint density at radius 1 is 0.714 bits per heavy atom. The van der Waals surface area contributed by atoms with Crippen molar-refractivity contribution in [3.63, 3.8) is 0 Å². The molecule has 1 heterocycles. The summed E-state index contributed by atoms with van der Waals surface area (Å²) in [5.74, 6) is -0.306. The van der Waals surface area contributed by atoms with E-state index in [2.05, 4.69) is 45.2 Å². The number of nitrogens with one attached hydrogen (secondary N) is 3. The molecule has 4 aromatic rings. The van der Waals surface area contributed by atoms with E-state index < -0.39 is 12.1 Å². The number of benzene rings is 3. The highest BCUT2D eigenvalue weighted by molar-refractivity contribution is 5.97. The van der Waals surface area contributed by atoms with Crippen molar-refractivity contribution in [1.29, 1.82) is 0 Å². The lowest BCUT2D eigenvalue weighted by molar-refractivity contribution is -0.117. The molecule has 35 heavy (non-hydrogen) atoms. The number of aromatic nitrogens is 1. The van der Waals surface area contributed by atoms with Crippen molar-refractivity contribution in [3.8, 4) is 0 Å². The van der Waals surface area contributed by atoms with Gasteiger partial charge in [0, 0.05) is 37.0 Å². The van der Waals surface area contributed by atoms with Gasteiger partial charge in [-0.1, -0.05) is 91.0 Å². The number of carbonyl (C=O) groups excluding carboxylic acids is 2. The topological polar surface area (TPSA) is 83.1 Å². The molecule has 4 rings (SSSR count). The number of urea groups is 1. The van der Waals surface area contributed by atoms with Gasteiger partial charge < -0.3 is 16.0 Å². The minimum Gasteiger partial charge on any atom is -0.337 e. The largest absolute Gasteiger partial charge is 0.337 e. The van der Waals surface area contributed by atoms with Crippen molar-refractivity contribution >= 4 is 17.6 Å². The van der Waals surface area contributed by atoms with Gasteiger partial charge >= 0.3 is 6.03 Å². The fourth-order valence-corrected chi connectivity index (χ4v) is 3.93. The van der Waals surface area contributed by atoms with E-state index in [1.807, 2.05) is 66.7 Å². The van der Waals surface area contributed by atoms with E-state index >= 15 is 0 Å². The molecule has 0 aliphatic heterocycles. The van der Waals surface area contributed by atoms with Crippen LogP contribution in [0.3, 0.4) is 0 Å². The van der Waals surface area contributed by atoms with Crippen molar-refractivity contribution in [2.24, 2.45) is 0 Å². The third kappa shape index (κ3) is 7.01. The molecule has 0 saturated heterocycles. The second kappa shape index (κ2) is 12.1. The van der Waals surface area contributed by atoms with Crippen LogP contribution in [0.15, 0.2) is 116 Å². The maximum atomic E-state index is 13.1. The van der Waals surface area contributed by atoms with Gasteiger partial charge in [-0.3, -0.25) is 9.78 Å². The Bertz CT molecular complexity index is 1160. The average molecular weight is 465 g/mol. The lowest BCUT2D eigenvalue weighted by atomic mass is 9.91. The van der Waals surface area contributed by atoms with E-state index in [0.717, 1.165) is 16.7 Å². The molecule has 3 N–H and O–H groups in total. The Morgan fingerprint density at radius 3 is 1.83 bits per heavy atom.